The number of H-pyrrole nitrogens is 1. The quantitative estimate of drug-likeness (QED) is 0.857. The van der Waals surface area contributed by atoms with Gasteiger partial charge in [0.1, 0.15) is 10.3 Å². The first kappa shape index (κ1) is 14.1. The van der Waals surface area contributed by atoms with Gasteiger partial charge in [0, 0.05) is 11.0 Å². The number of rotatable bonds is 1. The summed E-state index contributed by atoms with van der Waals surface area (Å²) in [6, 6.07) is 5.49. The molecule has 0 bridgehead atoms. The fourth-order valence-electron chi connectivity index (χ4n) is 2.14. The van der Waals surface area contributed by atoms with E-state index in [1.807, 2.05) is 39.0 Å². The summed E-state index contributed by atoms with van der Waals surface area (Å²) in [6.45, 7) is 6.27. The van der Waals surface area contributed by atoms with Crippen molar-refractivity contribution in [2.24, 2.45) is 0 Å². The molecule has 0 spiro atoms. The van der Waals surface area contributed by atoms with Crippen LogP contribution in [0.5, 0.6) is 11.5 Å². The Bertz CT molecular complexity index is 762. The Balaban J connectivity index is 2.15. The van der Waals surface area contributed by atoms with Gasteiger partial charge in [0.25, 0.3) is 5.56 Å². The van der Waals surface area contributed by atoms with Gasteiger partial charge in [0.2, 0.25) is 6.79 Å². The molecule has 110 valence electrons. The fraction of sp³-hybridized carbons (Fsp3) is 0.333. The SMILES string of the molecule is CC(C)(C)c1nc(-c2ccc3c(c2)OCO3)[nH]c(=O)c1Br. The van der Waals surface area contributed by atoms with Crippen molar-refractivity contribution in [1.82, 2.24) is 9.97 Å². The minimum absolute atomic E-state index is 0.192. The summed E-state index contributed by atoms with van der Waals surface area (Å²) in [4.78, 5) is 19.5. The van der Waals surface area contributed by atoms with Crippen molar-refractivity contribution in [2.45, 2.75) is 26.2 Å². The molecule has 1 aromatic carbocycles. The second-order valence-corrected chi connectivity index (χ2v) is 6.69. The maximum absolute atomic E-state index is 12.1. The second-order valence-electron chi connectivity index (χ2n) is 5.90. The molecule has 21 heavy (non-hydrogen) atoms. The predicted molar refractivity (Wildman–Crippen MR) is 82.8 cm³/mol. The van der Waals surface area contributed by atoms with Crippen LogP contribution in [-0.4, -0.2) is 16.8 Å². The normalized spacial score (nSPS) is 13.5. The van der Waals surface area contributed by atoms with Crippen molar-refractivity contribution in [3.63, 3.8) is 0 Å². The van der Waals surface area contributed by atoms with Crippen LogP contribution in [0.1, 0.15) is 26.5 Å². The molecule has 0 radical (unpaired) electrons. The lowest BCUT2D eigenvalue weighted by atomic mass is 9.92. The molecule has 5 nitrogen and oxygen atoms in total. The van der Waals surface area contributed by atoms with Crippen molar-refractivity contribution in [3.05, 3.63) is 38.7 Å². The molecule has 0 unspecified atom stereocenters. The molecule has 1 N–H and O–H groups in total. The molecule has 1 aromatic heterocycles. The highest BCUT2D eigenvalue weighted by Gasteiger charge is 2.23. The highest BCUT2D eigenvalue weighted by molar-refractivity contribution is 9.10. The Kier molecular flexibility index (Phi) is 3.28. The Labute approximate surface area is 130 Å². The molecule has 0 amide bonds. The maximum Gasteiger partial charge on any atom is 0.265 e. The molecule has 1 aliphatic rings. The molecular weight excluding hydrogens is 336 g/mol. The van der Waals surface area contributed by atoms with Crippen LogP contribution in [0.4, 0.5) is 0 Å². The minimum atomic E-state index is -0.238. The summed E-state index contributed by atoms with van der Waals surface area (Å²) in [7, 11) is 0. The number of aromatic nitrogens is 2. The largest absolute Gasteiger partial charge is 0.454 e. The molecular formula is C15H15BrN2O3. The van der Waals surface area contributed by atoms with Crippen LogP contribution in [0.25, 0.3) is 11.4 Å². The Hall–Kier alpha value is -1.82. The number of nitrogens with one attached hydrogen (secondary N) is 1. The standard InChI is InChI=1S/C15H15BrN2O3/c1-15(2,3)12-11(16)14(19)18-13(17-12)8-4-5-9-10(6-8)21-7-20-9/h4-6H,7H2,1-3H3,(H,17,18,19). The van der Waals surface area contributed by atoms with E-state index in [9.17, 15) is 4.79 Å². The number of ether oxygens (including phenoxy) is 2. The van der Waals surface area contributed by atoms with Gasteiger partial charge in [-0.1, -0.05) is 20.8 Å². The second kappa shape index (κ2) is 4.87. The first-order valence-electron chi connectivity index (χ1n) is 6.56. The van der Waals surface area contributed by atoms with Crippen molar-refractivity contribution >= 4 is 15.9 Å². The minimum Gasteiger partial charge on any atom is -0.454 e. The zero-order chi connectivity index (χ0) is 15.2. The Morgan fingerprint density at radius 3 is 2.67 bits per heavy atom. The number of hydrogen-bond acceptors (Lipinski definition) is 4. The number of halogens is 1. The highest BCUT2D eigenvalue weighted by atomic mass is 79.9. The third-order valence-electron chi connectivity index (χ3n) is 3.22. The number of benzene rings is 1. The van der Waals surface area contributed by atoms with Gasteiger partial charge in [-0.2, -0.15) is 0 Å². The van der Waals surface area contributed by atoms with Crippen molar-refractivity contribution in [1.29, 1.82) is 0 Å². The third-order valence-corrected chi connectivity index (χ3v) is 3.95. The van der Waals surface area contributed by atoms with Crippen molar-refractivity contribution in [3.8, 4) is 22.9 Å². The molecule has 0 atom stereocenters. The molecule has 3 rings (SSSR count). The van der Waals surface area contributed by atoms with Crippen LogP contribution in [0.15, 0.2) is 27.5 Å². The van der Waals surface area contributed by atoms with Gasteiger partial charge in [-0.05, 0) is 34.1 Å². The summed E-state index contributed by atoms with van der Waals surface area (Å²) >= 11 is 3.32. The molecule has 0 aliphatic carbocycles. The van der Waals surface area contributed by atoms with Crippen LogP contribution in [-0.2, 0) is 5.41 Å². The Morgan fingerprint density at radius 1 is 1.24 bits per heavy atom. The van der Waals surface area contributed by atoms with E-state index in [2.05, 4.69) is 25.9 Å². The smallest absolute Gasteiger partial charge is 0.265 e. The monoisotopic (exact) mass is 350 g/mol. The summed E-state index contributed by atoms with van der Waals surface area (Å²) in [6.07, 6.45) is 0. The summed E-state index contributed by atoms with van der Waals surface area (Å²) in [5.41, 5.74) is 1.08. The number of aromatic amines is 1. The van der Waals surface area contributed by atoms with Gasteiger partial charge in [-0.3, -0.25) is 4.79 Å². The van der Waals surface area contributed by atoms with Crippen LogP contribution < -0.4 is 15.0 Å². The molecule has 2 aromatic rings. The highest BCUT2D eigenvalue weighted by Crippen LogP contribution is 2.35. The lowest BCUT2D eigenvalue weighted by molar-refractivity contribution is 0.174. The molecule has 0 saturated heterocycles. The van der Waals surface area contributed by atoms with Gasteiger partial charge in [0.05, 0.1) is 5.69 Å². The van der Waals surface area contributed by atoms with Crippen molar-refractivity contribution < 1.29 is 9.47 Å². The zero-order valence-corrected chi connectivity index (χ0v) is 13.6. The van der Waals surface area contributed by atoms with E-state index in [0.717, 1.165) is 11.3 Å². The topological polar surface area (TPSA) is 64.2 Å². The Morgan fingerprint density at radius 2 is 1.95 bits per heavy atom. The fourth-order valence-corrected chi connectivity index (χ4v) is 2.92. The number of fused-ring (bicyclic) bond motifs is 1. The maximum atomic E-state index is 12.1. The summed E-state index contributed by atoms with van der Waals surface area (Å²) in [5, 5.41) is 0. The predicted octanol–water partition coefficient (Wildman–Crippen LogP) is 3.23. The first-order valence-corrected chi connectivity index (χ1v) is 7.36. The van der Waals surface area contributed by atoms with Gasteiger partial charge in [-0.25, -0.2) is 4.98 Å². The lowest BCUT2D eigenvalue weighted by Crippen LogP contribution is -2.22. The van der Waals surface area contributed by atoms with Crippen LogP contribution >= 0.6 is 15.9 Å². The summed E-state index contributed by atoms with van der Waals surface area (Å²) < 4.78 is 11.1. The average molecular weight is 351 g/mol. The lowest BCUT2D eigenvalue weighted by Gasteiger charge is -2.19. The first-order chi connectivity index (χ1) is 9.86. The van der Waals surface area contributed by atoms with Gasteiger partial charge < -0.3 is 14.5 Å². The third kappa shape index (κ3) is 2.55. The van der Waals surface area contributed by atoms with Crippen LogP contribution in [0.2, 0.25) is 0 Å². The van der Waals surface area contributed by atoms with E-state index < -0.39 is 0 Å². The van der Waals surface area contributed by atoms with Crippen LogP contribution in [0, 0.1) is 0 Å². The van der Waals surface area contributed by atoms with E-state index in [0.29, 0.717) is 21.8 Å². The van der Waals surface area contributed by atoms with Gasteiger partial charge in [-0.15, -0.1) is 0 Å². The van der Waals surface area contributed by atoms with E-state index in [1.54, 1.807) is 0 Å². The molecule has 1 aliphatic heterocycles. The number of hydrogen-bond donors (Lipinski definition) is 1. The van der Waals surface area contributed by atoms with Gasteiger partial charge >= 0.3 is 0 Å². The summed E-state index contributed by atoms with van der Waals surface area (Å²) in [5.74, 6) is 1.89. The molecule has 0 fully saturated rings. The number of nitrogens with zero attached hydrogens (tertiary/aromatic N) is 1. The van der Waals surface area contributed by atoms with Gasteiger partial charge in [0.15, 0.2) is 11.5 Å². The average Bonchev–Trinajstić information content (AvgIpc) is 2.87. The molecule has 0 saturated carbocycles. The van der Waals surface area contributed by atoms with E-state index in [1.165, 1.54) is 0 Å². The van der Waals surface area contributed by atoms with Crippen molar-refractivity contribution in [2.75, 3.05) is 6.79 Å². The molecule has 2 heterocycles. The van der Waals surface area contributed by atoms with E-state index in [4.69, 9.17) is 9.47 Å². The molecule has 6 heteroatoms. The van der Waals surface area contributed by atoms with E-state index >= 15 is 0 Å². The van der Waals surface area contributed by atoms with Crippen LogP contribution in [0.3, 0.4) is 0 Å². The van der Waals surface area contributed by atoms with E-state index in [-0.39, 0.29) is 17.8 Å². The zero-order valence-electron chi connectivity index (χ0n) is 12.0.